The minimum Gasteiger partial charge on any atom is -0.308 e. The molecule has 0 bridgehead atoms. The molecule has 0 unspecified atom stereocenters. The van der Waals surface area contributed by atoms with Crippen LogP contribution in [0.15, 0.2) is 194 Å². The Morgan fingerprint density at radius 1 is 0.350 bits per heavy atom. The monoisotopic (exact) mass is 760 g/mol. The van der Waals surface area contributed by atoms with E-state index in [4.69, 9.17) is 9.97 Å². The van der Waals surface area contributed by atoms with Crippen molar-refractivity contribution in [2.24, 2.45) is 0 Å². The summed E-state index contributed by atoms with van der Waals surface area (Å²) in [5.74, 6) is 0.651. The summed E-state index contributed by atoms with van der Waals surface area (Å²) < 4.78 is 4.82. The Kier molecular flexibility index (Phi) is 6.26. The number of aromatic nitrogens is 4. The van der Waals surface area contributed by atoms with Gasteiger partial charge in [0.1, 0.15) is 0 Å². The highest BCUT2D eigenvalue weighted by Crippen LogP contribution is 2.51. The molecule has 13 aromatic rings. The van der Waals surface area contributed by atoms with Crippen molar-refractivity contribution in [1.29, 1.82) is 0 Å². The Bertz CT molecular complexity index is 4020. The van der Waals surface area contributed by atoms with E-state index in [0.717, 1.165) is 38.6 Å². The second-order valence-corrected chi connectivity index (χ2v) is 16.1. The summed E-state index contributed by atoms with van der Waals surface area (Å²) in [6, 6.07) is 70.7. The van der Waals surface area contributed by atoms with Gasteiger partial charge in [-0.25, -0.2) is 9.97 Å². The van der Waals surface area contributed by atoms with Crippen LogP contribution in [0, 0.1) is 0 Å². The summed E-state index contributed by atoms with van der Waals surface area (Å²) >= 11 is 0. The minimum absolute atomic E-state index is 0.651. The zero-order valence-electron chi connectivity index (χ0n) is 32.3. The number of benzene rings is 10. The lowest BCUT2D eigenvalue weighted by Crippen LogP contribution is -2.04. The Balaban J connectivity index is 1.15. The van der Waals surface area contributed by atoms with Crippen molar-refractivity contribution in [3.63, 3.8) is 0 Å². The molecule has 0 aliphatic carbocycles. The fraction of sp³-hybridized carbons (Fsp3) is 0. The predicted molar refractivity (Wildman–Crippen MR) is 251 cm³/mol. The number of hydrogen-bond donors (Lipinski definition) is 0. The van der Waals surface area contributed by atoms with Gasteiger partial charge in [0.25, 0.3) is 0 Å². The van der Waals surface area contributed by atoms with Crippen molar-refractivity contribution in [1.82, 2.24) is 19.1 Å². The molecule has 0 atom stereocenters. The van der Waals surface area contributed by atoms with Crippen molar-refractivity contribution >= 4 is 86.8 Å². The summed E-state index contributed by atoms with van der Waals surface area (Å²) in [4.78, 5) is 11.2. The van der Waals surface area contributed by atoms with Gasteiger partial charge < -0.3 is 4.57 Å². The van der Waals surface area contributed by atoms with Crippen LogP contribution in [-0.2, 0) is 0 Å². The van der Waals surface area contributed by atoms with E-state index in [1.165, 1.54) is 87.5 Å². The topological polar surface area (TPSA) is 35.6 Å². The predicted octanol–water partition coefficient (Wildman–Crippen LogP) is 14.6. The van der Waals surface area contributed by atoms with Crippen molar-refractivity contribution in [3.05, 3.63) is 194 Å². The fourth-order valence-corrected chi connectivity index (χ4v) is 10.5. The number of fused-ring (bicyclic) bond motifs is 18. The van der Waals surface area contributed by atoms with Crippen LogP contribution in [-0.4, -0.2) is 19.1 Å². The Morgan fingerprint density at radius 2 is 0.967 bits per heavy atom. The lowest BCUT2D eigenvalue weighted by Gasteiger charge is -2.15. The highest BCUT2D eigenvalue weighted by molar-refractivity contribution is 6.28. The Hall–Kier alpha value is -8.08. The van der Waals surface area contributed by atoms with Crippen LogP contribution in [0.3, 0.4) is 0 Å². The summed E-state index contributed by atoms with van der Waals surface area (Å²) in [6.45, 7) is 0. The smallest absolute Gasteiger partial charge is 0.235 e. The number of para-hydroxylation sites is 3. The van der Waals surface area contributed by atoms with Crippen LogP contribution < -0.4 is 0 Å². The molecule has 1 aliphatic heterocycles. The average Bonchev–Trinajstić information content (AvgIpc) is 3.78. The van der Waals surface area contributed by atoms with E-state index in [1.54, 1.807) is 0 Å². The average molecular weight is 761 g/mol. The molecule has 14 rings (SSSR count). The zero-order chi connectivity index (χ0) is 39.1. The van der Waals surface area contributed by atoms with Gasteiger partial charge in [0.05, 0.1) is 39.0 Å². The number of hydrogen-bond acceptors (Lipinski definition) is 2. The van der Waals surface area contributed by atoms with Crippen LogP contribution in [0.4, 0.5) is 0 Å². The van der Waals surface area contributed by atoms with Crippen molar-refractivity contribution in [3.8, 4) is 45.1 Å². The van der Waals surface area contributed by atoms with Crippen LogP contribution in [0.25, 0.3) is 132 Å². The lowest BCUT2D eigenvalue weighted by atomic mass is 9.91. The van der Waals surface area contributed by atoms with Gasteiger partial charge in [0, 0.05) is 43.6 Å². The fourth-order valence-electron chi connectivity index (χ4n) is 10.5. The maximum Gasteiger partial charge on any atom is 0.235 e. The van der Waals surface area contributed by atoms with Gasteiger partial charge in [0.15, 0.2) is 0 Å². The maximum atomic E-state index is 5.69. The minimum atomic E-state index is 0.651. The molecule has 3 aromatic heterocycles. The van der Waals surface area contributed by atoms with Gasteiger partial charge >= 0.3 is 0 Å². The van der Waals surface area contributed by atoms with E-state index in [-0.39, 0.29) is 0 Å². The number of nitrogens with zero attached hydrogens (tertiary/aromatic N) is 4. The molecule has 1 aliphatic rings. The van der Waals surface area contributed by atoms with Crippen molar-refractivity contribution in [2.45, 2.75) is 0 Å². The second kappa shape index (κ2) is 11.8. The molecule has 4 heteroatoms. The second-order valence-electron chi connectivity index (χ2n) is 16.1. The molecule has 4 nitrogen and oxygen atoms in total. The molecule has 0 N–H and O–H groups in total. The summed E-state index contributed by atoms with van der Waals surface area (Å²) in [5.41, 5.74) is 13.6. The summed E-state index contributed by atoms with van der Waals surface area (Å²) in [5, 5.41) is 13.1. The van der Waals surface area contributed by atoms with Crippen molar-refractivity contribution < 1.29 is 0 Å². The maximum absolute atomic E-state index is 5.69. The van der Waals surface area contributed by atoms with Gasteiger partial charge in [-0.15, -0.1) is 0 Å². The van der Waals surface area contributed by atoms with E-state index in [1.807, 2.05) is 0 Å². The lowest BCUT2D eigenvalue weighted by molar-refractivity contribution is 1.02. The molecule has 0 radical (unpaired) electrons. The first-order valence-corrected chi connectivity index (χ1v) is 20.6. The van der Waals surface area contributed by atoms with E-state index in [2.05, 4.69) is 203 Å². The van der Waals surface area contributed by atoms with E-state index >= 15 is 0 Å². The van der Waals surface area contributed by atoms with E-state index in [9.17, 15) is 0 Å². The molecule has 10 aromatic carbocycles. The third-order valence-corrected chi connectivity index (χ3v) is 13.0. The first kappa shape index (κ1) is 31.9. The molecule has 0 fully saturated rings. The normalized spacial score (nSPS) is 12.3. The highest BCUT2D eigenvalue weighted by atomic mass is 15.2. The molecular weight excluding hydrogens is 729 g/mol. The molecule has 0 saturated heterocycles. The molecule has 60 heavy (non-hydrogen) atoms. The summed E-state index contributed by atoms with van der Waals surface area (Å²) in [7, 11) is 0. The van der Waals surface area contributed by atoms with Crippen molar-refractivity contribution in [2.75, 3.05) is 0 Å². The molecule has 0 amide bonds. The Morgan fingerprint density at radius 3 is 1.82 bits per heavy atom. The van der Waals surface area contributed by atoms with Gasteiger partial charge in [-0.2, -0.15) is 0 Å². The van der Waals surface area contributed by atoms with Gasteiger partial charge in [-0.1, -0.05) is 158 Å². The molecule has 276 valence electrons. The van der Waals surface area contributed by atoms with E-state index in [0.29, 0.717) is 5.95 Å². The molecular formula is C56H32N4. The molecule has 4 heterocycles. The standard InChI is InChI=1S/C56H32N4/c1-3-15-37-33(13-1)25-26-35-31-36(27-29-38(35)37)54-51-39-16-4-2-14-34(39)28-30-46(51)57-56(58-54)60-49-24-12-9-21-44(49)52-50(60)32-45-42-19-8-11-23-48(42)59-47-22-10-7-18-41(47)40-17-5-6-20-43(40)53(52)55(45)59/h1-32H. The SMILES string of the molecule is c1ccc2c(c1)-c1ccccc1-n1c3ccccc3c3cc4c(c-2c31)c1ccccc1n4-c1nc(-c2ccc3c(ccc4ccccc43)c2)c2c(ccc3ccccc32)n1. The van der Waals surface area contributed by atoms with Crippen LogP contribution >= 0.6 is 0 Å². The molecule has 0 saturated carbocycles. The first-order valence-electron chi connectivity index (χ1n) is 20.6. The zero-order valence-corrected chi connectivity index (χ0v) is 32.3. The third kappa shape index (κ3) is 4.19. The highest BCUT2D eigenvalue weighted by Gasteiger charge is 2.29. The van der Waals surface area contributed by atoms with Gasteiger partial charge in [-0.3, -0.25) is 4.57 Å². The van der Waals surface area contributed by atoms with Crippen LogP contribution in [0.1, 0.15) is 0 Å². The third-order valence-electron chi connectivity index (χ3n) is 13.0. The van der Waals surface area contributed by atoms with Crippen LogP contribution in [0.5, 0.6) is 0 Å². The van der Waals surface area contributed by atoms with Crippen LogP contribution in [0.2, 0.25) is 0 Å². The Labute approximate surface area is 343 Å². The largest absolute Gasteiger partial charge is 0.308 e. The quantitative estimate of drug-likeness (QED) is 0.165. The van der Waals surface area contributed by atoms with Gasteiger partial charge in [-0.05, 0) is 79.8 Å². The number of rotatable bonds is 2. The summed E-state index contributed by atoms with van der Waals surface area (Å²) in [6.07, 6.45) is 0. The first-order chi connectivity index (χ1) is 29.8. The van der Waals surface area contributed by atoms with E-state index < -0.39 is 0 Å². The molecule has 0 spiro atoms. The van der Waals surface area contributed by atoms with Gasteiger partial charge in [0.2, 0.25) is 5.95 Å².